The summed E-state index contributed by atoms with van der Waals surface area (Å²) in [6.07, 6.45) is 0.564. The molecule has 7 heteroatoms. The van der Waals surface area contributed by atoms with E-state index >= 15 is 0 Å². The van der Waals surface area contributed by atoms with Gasteiger partial charge in [-0.05, 0) is 55.2 Å². The Hall–Kier alpha value is -4.36. The maximum Gasteiger partial charge on any atom is 0.319 e. The summed E-state index contributed by atoms with van der Waals surface area (Å²) < 4.78 is 2.07. The lowest BCUT2D eigenvalue weighted by Crippen LogP contribution is -2.35. The predicted molar refractivity (Wildman–Crippen MR) is 163 cm³/mol. The van der Waals surface area contributed by atoms with E-state index in [0.717, 1.165) is 39.0 Å². The van der Waals surface area contributed by atoms with Crippen LogP contribution in [-0.2, 0) is 12.2 Å². The first kappa shape index (κ1) is 27.2. The number of rotatable bonds is 9. The van der Waals surface area contributed by atoms with Crippen LogP contribution in [0.2, 0.25) is 0 Å². The van der Waals surface area contributed by atoms with Gasteiger partial charge < -0.3 is 10.6 Å². The van der Waals surface area contributed by atoms with Crippen LogP contribution in [0.15, 0.2) is 108 Å². The molecule has 0 saturated heterocycles. The normalized spacial score (nSPS) is 11.7. The number of amides is 2. The van der Waals surface area contributed by atoms with Crippen molar-refractivity contribution in [2.75, 3.05) is 5.32 Å². The molecule has 0 spiro atoms. The van der Waals surface area contributed by atoms with Crippen molar-refractivity contribution in [2.24, 2.45) is 0 Å². The van der Waals surface area contributed by atoms with E-state index in [1.54, 1.807) is 11.8 Å². The SMILES string of the molecule is Cc1ccc(-n2c(SCc3ccccc3)nnc2C(Cc2ccccc2)NC(=O)Nc2c(C)cccc2C)cc1. The van der Waals surface area contributed by atoms with Crippen molar-refractivity contribution in [3.05, 3.63) is 137 Å². The minimum atomic E-state index is -0.424. The Morgan fingerprint density at radius 3 is 2.05 bits per heavy atom. The molecule has 1 unspecified atom stereocenters. The number of urea groups is 1. The van der Waals surface area contributed by atoms with E-state index in [-0.39, 0.29) is 6.03 Å². The Morgan fingerprint density at radius 1 is 0.775 bits per heavy atom. The molecule has 4 aromatic carbocycles. The number of carbonyl (C=O) groups excluding carboxylic acids is 1. The Kier molecular flexibility index (Phi) is 8.62. The van der Waals surface area contributed by atoms with Gasteiger partial charge in [0.25, 0.3) is 0 Å². The number of para-hydroxylation sites is 1. The first-order chi connectivity index (χ1) is 19.5. The fraction of sp³-hybridized carbons (Fsp3) is 0.182. The van der Waals surface area contributed by atoms with E-state index in [9.17, 15) is 4.79 Å². The summed E-state index contributed by atoms with van der Waals surface area (Å²) in [5, 5.41) is 16.3. The maximum absolute atomic E-state index is 13.4. The summed E-state index contributed by atoms with van der Waals surface area (Å²) in [4.78, 5) is 13.4. The summed E-state index contributed by atoms with van der Waals surface area (Å²) in [7, 11) is 0. The largest absolute Gasteiger partial charge is 0.327 e. The number of carbonyl (C=O) groups is 1. The third-order valence-electron chi connectivity index (χ3n) is 6.78. The van der Waals surface area contributed by atoms with Gasteiger partial charge in [0.1, 0.15) is 0 Å². The fourth-order valence-electron chi connectivity index (χ4n) is 4.64. The van der Waals surface area contributed by atoms with Gasteiger partial charge in [-0.3, -0.25) is 4.57 Å². The number of hydrogen-bond donors (Lipinski definition) is 2. The van der Waals surface area contributed by atoms with Gasteiger partial charge >= 0.3 is 6.03 Å². The zero-order valence-electron chi connectivity index (χ0n) is 23.0. The highest BCUT2D eigenvalue weighted by Gasteiger charge is 2.25. The monoisotopic (exact) mass is 547 g/mol. The molecule has 5 rings (SSSR count). The second-order valence-electron chi connectivity index (χ2n) is 9.89. The third kappa shape index (κ3) is 6.61. The van der Waals surface area contributed by atoms with Gasteiger partial charge in [0.05, 0.1) is 6.04 Å². The summed E-state index contributed by atoms with van der Waals surface area (Å²) in [6.45, 7) is 6.06. The number of benzene rings is 4. The van der Waals surface area contributed by atoms with Crippen LogP contribution in [0.4, 0.5) is 10.5 Å². The van der Waals surface area contributed by atoms with Gasteiger partial charge in [-0.1, -0.05) is 108 Å². The smallest absolute Gasteiger partial charge is 0.319 e. The van der Waals surface area contributed by atoms with Gasteiger partial charge in [0, 0.05) is 23.5 Å². The predicted octanol–water partition coefficient (Wildman–Crippen LogP) is 7.59. The van der Waals surface area contributed by atoms with Gasteiger partial charge in [0.15, 0.2) is 11.0 Å². The molecule has 2 amide bonds. The average molecular weight is 548 g/mol. The molecule has 1 heterocycles. The molecule has 0 fully saturated rings. The van der Waals surface area contributed by atoms with Gasteiger partial charge in [0.2, 0.25) is 0 Å². The molecule has 0 radical (unpaired) electrons. The molecule has 0 bridgehead atoms. The van der Waals surface area contributed by atoms with Crippen LogP contribution < -0.4 is 10.6 Å². The molecule has 0 aliphatic carbocycles. The molecule has 5 aromatic rings. The van der Waals surface area contributed by atoms with Crippen molar-refractivity contribution in [3.8, 4) is 5.69 Å². The molecule has 40 heavy (non-hydrogen) atoms. The standard InChI is InChI=1S/C33H33N5OS/c1-23-17-19-28(20-18-23)38-31(36-37-33(38)40-22-27-15-8-5-9-16-27)29(21-26-13-6-4-7-14-26)34-32(39)35-30-24(2)11-10-12-25(30)3/h4-20,29H,21-22H2,1-3H3,(H2,34,35,39). The minimum absolute atomic E-state index is 0.282. The highest BCUT2D eigenvalue weighted by molar-refractivity contribution is 7.98. The molecule has 202 valence electrons. The molecule has 1 atom stereocenters. The lowest BCUT2D eigenvalue weighted by molar-refractivity contribution is 0.247. The van der Waals surface area contributed by atoms with Gasteiger partial charge in [-0.2, -0.15) is 0 Å². The lowest BCUT2D eigenvalue weighted by atomic mass is 10.1. The second kappa shape index (κ2) is 12.7. The minimum Gasteiger partial charge on any atom is -0.327 e. The Labute approximate surface area is 239 Å². The van der Waals surface area contributed by atoms with Crippen molar-refractivity contribution in [2.45, 2.75) is 44.1 Å². The second-order valence-corrected chi connectivity index (χ2v) is 10.8. The number of nitrogens with zero attached hydrogens (tertiary/aromatic N) is 3. The van der Waals surface area contributed by atoms with Crippen LogP contribution in [0, 0.1) is 20.8 Å². The highest BCUT2D eigenvalue weighted by Crippen LogP contribution is 2.29. The van der Waals surface area contributed by atoms with Crippen LogP contribution in [-0.4, -0.2) is 20.8 Å². The molecule has 1 aromatic heterocycles. The van der Waals surface area contributed by atoms with E-state index in [1.807, 2.05) is 68.4 Å². The number of nitrogens with one attached hydrogen (secondary N) is 2. The van der Waals surface area contributed by atoms with E-state index < -0.39 is 6.04 Å². The average Bonchev–Trinajstić information content (AvgIpc) is 3.39. The number of aryl methyl sites for hydroxylation is 3. The van der Waals surface area contributed by atoms with Crippen LogP contribution in [0.25, 0.3) is 5.69 Å². The Bertz CT molecular complexity index is 1550. The molecule has 0 aliphatic rings. The number of aromatic nitrogens is 3. The molecule has 6 nitrogen and oxygen atoms in total. The fourth-order valence-corrected chi connectivity index (χ4v) is 5.55. The number of hydrogen-bond acceptors (Lipinski definition) is 4. The number of anilines is 1. The quantitative estimate of drug-likeness (QED) is 0.187. The maximum atomic E-state index is 13.4. The van der Waals surface area contributed by atoms with Gasteiger partial charge in [-0.15, -0.1) is 10.2 Å². The molecular formula is C33H33N5OS. The van der Waals surface area contributed by atoms with Gasteiger partial charge in [-0.25, -0.2) is 4.79 Å². The van der Waals surface area contributed by atoms with Crippen molar-refractivity contribution >= 4 is 23.5 Å². The molecule has 0 aliphatic heterocycles. The van der Waals surface area contributed by atoms with E-state index in [0.29, 0.717) is 12.2 Å². The summed E-state index contributed by atoms with van der Waals surface area (Å²) >= 11 is 1.63. The first-order valence-corrected chi connectivity index (χ1v) is 14.3. The summed E-state index contributed by atoms with van der Waals surface area (Å²) in [5.74, 6) is 1.44. The Morgan fingerprint density at radius 2 is 1.40 bits per heavy atom. The highest BCUT2D eigenvalue weighted by atomic mass is 32.2. The van der Waals surface area contributed by atoms with E-state index in [4.69, 9.17) is 0 Å². The van der Waals surface area contributed by atoms with Crippen molar-refractivity contribution in [1.82, 2.24) is 20.1 Å². The topological polar surface area (TPSA) is 71.8 Å². The van der Waals surface area contributed by atoms with Crippen LogP contribution in [0.5, 0.6) is 0 Å². The number of thioether (sulfide) groups is 1. The first-order valence-electron chi connectivity index (χ1n) is 13.3. The molecule has 0 saturated carbocycles. The third-order valence-corrected chi connectivity index (χ3v) is 7.78. The van der Waals surface area contributed by atoms with E-state index in [1.165, 1.54) is 11.1 Å². The lowest BCUT2D eigenvalue weighted by Gasteiger charge is -2.21. The van der Waals surface area contributed by atoms with Crippen LogP contribution >= 0.6 is 11.8 Å². The van der Waals surface area contributed by atoms with Crippen molar-refractivity contribution in [1.29, 1.82) is 0 Å². The zero-order valence-corrected chi connectivity index (χ0v) is 23.8. The van der Waals surface area contributed by atoms with E-state index in [2.05, 4.69) is 80.9 Å². The molecule has 2 N–H and O–H groups in total. The van der Waals surface area contributed by atoms with Crippen LogP contribution in [0.3, 0.4) is 0 Å². The summed E-state index contributed by atoms with van der Waals surface area (Å²) in [5.41, 5.74) is 7.27. The van der Waals surface area contributed by atoms with Crippen molar-refractivity contribution in [3.63, 3.8) is 0 Å². The van der Waals surface area contributed by atoms with Crippen molar-refractivity contribution < 1.29 is 4.79 Å². The van der Waals surface area contributed by atoms with Crippen LogP contribution in [0.1, 0.15) is 39.7 Å². The summed E-state index contributed by atoms with van der Waals surface area (Å²) in [6, 6.07) is 34.0. The zero-order chi connectivity index (χ0) is 27.9. The Balaban J connectivity index is 1.51. The molecular weight excluding hydrogens is 514 g/mol.